The summed E-state index contributed by atoms with van der Waals surface area (Å²) >= 11 is 0.987. The van der Waals surface area contributed by atoms with Crippen LogP contribution in [0.15, 0.2) is 16.3 Å². The number of carbonyl (C=O) groups excluding carboxylic acids is 1. The fourth-order valence-electron chi connectivity index (χ4n) is 1.06. The van der Waals surface area contributed by atoms with Crippen LogP contribution in [-0.4, -0.2) is 39.3 Å². The molecule has 1 aromatic rings. The molecule has 0 unspecified atom stereocenters. The third-order valence-electron chi connectivity index (χ3n) is 1.86. The van der Waals surface area contributed by atoms with Crippen LogP contribution in [-0.2, 0) is 14.8 Å². The first-order valence-electron chi connectivity index (χ1n) is 4.72. The summed E-state index contributed by atoms with van der Waals surface area (Å²) in [7, 11) is -2.62. The maximum atomic E-state index is 11.8. The minimum Gasteiger partial charge on any atom is -0.465 e. The third kappa shape index (κ3) is 3.50. The molecule has 0 radical (unpaired) electrons. The molecule has 0 bridgehead atoms. The Labute approximate surface area is 103 Å². The van der Waals surface area contributed by atoms with Crippen LogP contribution in [0.3, 0.4) is 0 Å². The number of nitrogens with one attached hydrogen (secondary N) is 1. The molecule has 2 N–H and O–H groups in total. The third-order valence-corrected chi connectivity index (χ3v) is 4.35. The van der Waals surface area contributed by atoms with Crippen LogP contribution >= 0.6 is 11.3 Å². The molecule has 6 nitrogen and oxygen atoms in total. The van der Waals surface area contributed by atoms with Gasteiger partial charge in [0.05, 0.1) is 13.2 Å². The lowest BCUT2D eigenvalue weighted by Crippen LogP contribution is -2.31. The molecule has 0 aromatic carbocycles. The highest BCUT2D eigenvalue weighted by molar-refractivity contribution is 7.89. The summed E-state index contributed by atoms with van der Waals surface area (Å²) in [6, 6.07) is 1.32. The fraction of sp³-hybridized carbons (Fsp3) is 0.444. The van der Waals surface area contributed by atoms with E-state index in [2.05, 4.69) is 9.46 Å². The zero-order valence-electron chi connectivity index (χ0n) is 9.34. The second kappa shape index (κ2) is 5.58. The number of methoxy groups -OCH3 is 1. The fourth-order valence-corrected chi connectivity index (χ4v) is 3.51. The number of aliphatic hydroxyl groups is 1. The molecular weight excluding hydrogens is 266 g/mol. The molecule has 1 atom stereocenters. The number of hydrogen-bond donors (Lipinski definition) is 2. The zero-order chi connectivity index (χ0) is 13.1. The lowest BCUT2D eigenvalue weighted by molar-refractivity contribution is 0.0602. The van der Waals surface area contributed by atoms with Gasteiger partial charge in [0, 0.05) is 6.54 Å². The second-order valence-corrected chi connectivity index (χ2v) is 5.96. The van der Waals surface area contributed by atoms with E-state index in [1.165, 1.54) is 25.5 Å². The lowest BCUT2D eigenvalue weighted by Gasteiger charge is -2.08. The van der Waals surface area contributed by atoms with Gasteiger partial charge in [-0.2, -0.15) is 0 Å². The minimum absolute atomic E-state index is 0.0191. The number of ether oxygens (including phenoxy) is 1. The Morgan fingerprint density at radius 1 is 1.65 bits per heavy atom. The Hall–Kier alpha value is -0.960. The normalized spacial score (nSPS) is 13.4. The molecule has 1 aromatic heterocycles. The Kier molecular flexibility index (Phi) is 4.63. The number of rotatable bonds is 5. The molecule has 17 heavy (non-hydrogen) atoms. The smallest absolute Gasteiger partial charge is 0.349 e. The van der Waals surface area contributed by atoms with Crippen molar-refractivity contribution in [3.63, 3.8) is 0 Å². The number of hydrogen-bond acceptors (Lipinski definition) is 6. The predicted octanol–water partition coefficient (Wildman–Crippen LogP) is 0.194. The van der Waals surface area contributed by atoms with Crippen LogP contribution in [0.5, 0.6) is 0 Å². The van der Waals surface area contributed by atoms with E-state index < -0.39 is 22.1 Å². The molecular formula is C9H13NO5S2. The summed E-state index contributed by atoms with van der Waals surface area (Å²) < 4.78 is 30.3. The summed E-state index contributed by atoms with van der Waals surface area (Å²) in [4.78, 5) is 11.2. The van der Waals surface area contributed by atoms with E-state index in [-0.39, 0.29) is 16.3 Å². The zero-order valence-corrected chi connectivity index (χ0v) is 11.0. The average molecular weight is 279 g/mol. The highest BCUT2D eigenvalue weighted by atomic mass is 32.2. The molecule has 1 heterocycles. The topological polar surface area (TPSA) is 92.7 Å². The molecule has 0 aliphatic carbocycles. The molecule has 0 spiro atoms. The molecule has 0 saturated heterocycles. The van der Waals surface area contributed by atoms with E-state index in [0.717, 1.165) is 11.3 Å². The Bertz CT molecular complexity index is 491. The van der Waals surface area contributed by atoms with Gasteiger partial charge in [-0.05, 0) is 18.4 Å². The quantitative estimate of drug-likeness (QED) is 0.751. The molecule has 0 fully saturated rings. The Morgan fingerprint density at radius 3 is 2.82 bits per heavy atom. The summed E-state index contributed by atoms with van der Waals surface area (Å²) in [6.45, 7) is 1.34. The molecule has 1 rings (SSSR count). The van der Waals surface area contributed by atoms with Gasteiger partial charge in [-0.25, -0.2) is 17.9 Å². The van der Waals surface area contributed by atoms with Crippen molar-refractivity contribution in [1.82, 2.24) is 4.72 Å². The van der Waals surface area contributed by atoms with Gasteiger partial charge in [0.25, 0.3) is 0 Å². The van der Waals surface area contributed by atoms with Crippen molar-refractivity contribution in [1.29, 1.82) is 0 Å². The number of sulfonamides is 1. The van der Waals surface area contributed by atoms with E-state index in [4.69, 9.17) is 5.11 Å². The van der Waals surface area contributed by atoms with Crippen LogP contribution in [0, 0.1) is 0 Å². The van der Waals surface area contributed by atoms with E-state index in [0.29, 0.717) is 0 Å². The van der Waals surface area contributed by atoms with Crippen molar-refractivity contribution in [2.24, 2.45) is 0 Å². The van der Waals surface area contributed by atoms with Crippen LogP contribution in [0.25, 0.3) is 0 Å². The highest BCUT2D eigenvalue weighted by Gasteiger charge is 2.24. The number of aliphatic hydroxyl groups excluding tert-OH is 1. The van der Waals surface area contributed by atoms with E-state index in [1.54, 1.807) is 0 Å². The van der Waals surface area contributed by atoms with Gasteiger partial charge in [-0.1, -0.05) is 0 Å². The van der Waals surface area contributed by atoms with Gasteiger partial charge in [-0.15, -0.1) is 11.3 Å². The molecule has 0 amide bonds. The average Bonchev–Trinajstić information content (AvgIpc) is 2.75. The van der Waals surface area contributed by atoms with Gasteiger partial charge in [0.1, 0.15) is 9.77 Å². The van der Waals surface area contributed by atoms with Crippen molar-refractivity contribution < 1.29 is 23.1 Å². The van der Waals surface area contributed by atoms with Crippen LogP contribution in [0.1, 0.15) is 16.6 Å². The van der Waals surface area contributed by atoms with Crippen LogP contribution < -0.4 is 4.72 Å². The van der Waals surface area contributed by atoms with Crippen LogP contribution in [0.4, 0.5) is 0 Å². The first-order valence-corrected chi connectivity index (χ1v) is 7.08. The number of esters is 1. The largest absolute Gasteiger partial charge is 0.465 e. The van der Waals surface area contributed by atoms with Crippen molar-refractivity contribution in [3.05, 3.63) is 16.3 Å². The van der Waals surface area contributed by atoms with Gasteiger partial charge < -0.3 is 9.84 Å². The standard InChI is InChI=1S/C9H13NO5S2/c1-6(11)5-10-17(13,14)7-3-4-16-8(7)9(12)15-2/h3-4,6,10-11H,5H2,1-2H3/t6-/m1/s1. The van der Waals surface area contributed by atoms with Gasteiger partial charge in [0.2, 0.25) is 10.0 Å². The minimum atomic E-state index is -3.80. The van der Waals surface area contributed by atoms with Crippen molar-refractivity contribution in [3.8, 4) is 0 Å². The molecule has 0 aliphatic rings. The van der Waals surface area contributed by atoms with Gasteiger partial charge in [-0.3, -0.25) is 0 Å². The van der Waals surface area contributed by atoms with Gasteiger partial charge >= 0.3 is 5.97 Å². The van der Waals surface area contributed by atoms with Crippen molar-refractivity contribution in [2.75, 3.05) is 13.7 Å². The van der Waals surface area contributed by atoms with E-state index in [1.807, 2.05) is 0 Å². The SMILES string of the molecule is COC(=O)c1sccc1S(=O)(=O)NC[C@@H](C)O. The second-order valence-electron chi connectivity index (χ2n) is 3.31. The van der Waals surface area contributed by atoms with Gasteiger partial charge in [0.15, 0.2) is 0 Å². The van der Waals surface area contributed by atoms with E-state index >= 15 is 0 Å². The molecule has 96 valence electrons. The van der Waals surface area contributed by atoms with Crippen molar-refractivity contribution >= 4 is 27.3 Å². The summed E-state index contributed by atoms with van der Waals surface area (Å²) in [5.74, 6) is -0.697. The van der Waals surface area contributed by atoms with E-state index in [9.17, 15) is 13.2 Å². The number of carbonyl (C=O) groups is 1. The molecule has 0 saturated carbocycles. The lowest BCUT2D eigenvalue weighted by atomic mass is 10.4. The predicted molar refractivity (Wildman–Crippen MR) is 62.5 cm³/mol. The monoisotopic (exact) mass is 279 g/mol. The van der Waals surface area contributed by atoms with Crippen molar-refractivity contribution in [2.45, 2.75) is 17.9 Å². The first kappa shape index (κ1) is 14.1. The molecule has 8 heteroatoms. The number of thiophene rings is 1. The maximum absolute atomic E-state index is 11.8. The van der Waals surface area contributed by atoms with Crippen LogP contribution in [0.2, 0.25) is 0 Å². The molecule has 0 aliphatic heterocycles. The maximum Gasteiger partial charge on any atom is 0.349 e. The Balaban J connectivity index is 2.99. The highest BCUT2D eigenvalue weighted by Crippen LogP contribution is 2.22. The summed E-state index contributed by atoms with van der Waals surface area (Å²) in [5, 5.41) is 10.5. The Morgan fingerprint density at radius 2 is 2.29 bits per heavy atom. The summed E-state index contributed by atoms with van der Waals surface area (Å²) in [5.41, 5.74) is 0. The first-order chi connectivity index (χ1) is 7.88. The summed E-state index contributed by atoms with van der Waals surface area (Å²) in [6.07, 6.45) is -0.801.